The van der Waals surface area contributed by atoms with Crippen molar-refractivity contribution >= 4 is 27.3 Å². The minimum Gasteiger partial charge on any atom is -0.468 e. The Kier molecular flexibility index (Phi) is 7.26. The van der Waals surface area contributed by atoms with Crippen LogP contribution in [0.4, 0.5) is 13.2 Å². The highest BCUT2D eigenvalue weighted by Crippen LogP contribution is 2.43. The number of rotatable bonds is 8. The number of carbonyl (C=O) groups is 1. The van der Waals surface area contributed by atoms with Gasteiger partial charge in [-0.2, -0.15) is 22.7 Å². The molecule has 7 nitrogen and oxygen atoms in total. The Bertz CT molecular complexity index is 1260. The van der Waals surface area contributed by atoms with E-state index in [1.807, 2.05) is 6.07 Å². The predicted octanol–water partition coefficient (Wildman–Crippen LogP) is 4.92. The molecule has 2 aromatic heterocycles. The third kappa shape index (κ3) is 5.44. The number of alkyl halides is 3. The molecule has 0 saturated carbocycles. The van der Waals surface area contributed by atoms with E-state index in [1.54, 1.807) is 12.1 Å². The molecule has 1 aromatic carbocycles. The topological polar surface area (TPSA) is 101 Å². The molecule has 0 aliphatic rings. The number of hydrogen-bond donors (Lipinski definition) is 0. The Balaban J connectivity index is 1.97. The third-order valence-corrected chi connectivity index (χ3v) is 7.58. The molecule has 0 atom stereocenters. The van der Waals surface area contributed by atoms with Crippen molar-refractivity contribution in [3.05, 3.63) is 64.2 Å². The van der Waals surface area contributed by atoms with Gasteiger partial charge in [0.15, 0.2) is 0 Å². The number of carbonyl (C=O) groups excluding carboxylic acids is 1. The molecular weight excluding hydrogens is 481 g/mol. The van der Waals surface area contributed by atoms with E-state index < -0.39 is 27.0 Å². The quantitative estimate of drug-likeness (QED) is 0.409. The molecule has 2 heterocycles. The number of furan rings is 1. The fourth-order valence-corrected chi connectivity index (χ4v) is 5.38. The molecule has 0 aliphatic heterocycles. The minimum atomic E-state index is -4.71. The first kappa shape index (κ1) is 24.5. The molecule has 0 fully saturated rings. The Morgan fingerprint density at radius 2 is 1.94 bits per heavy atom. The summed E-state index contributed by atoms with van der Waals surface area (Å²) in [7, 11) is -3.01. The second-order valence-electron chi connectivity index (χ2n) is 6.69. The first-order valence-electron chi connectivity index (χ1n) is 9.37. The van der Waals surface area contributed by atoms with Crippen LogP contribution >= 0.6 is 11.3 Å². The van der Waals surface area contributed by atoms with Gasteiger partial charge in [-0.25, -0.2) is 13.2 Å². The molecular formula is C21H17F3N2O5S2. The van der Waals surface area contributed by atoms with Crippen molar-refractivity contribution in [3.63, 3.8) is 0 Å². The van der Waals surface area contributed by atoms with E-state index >= 15 is 0 Å². The van der Waals surface area contributed by atoms with Crippen LogP contribution in [-0.4, -0.2) is 32.3 Å². The highest BCUT2D eigenvalue weighted by molar-refractivity contribution is 7.89. The highest BCUT2D eigenvalue weighted by Gasteiger charge is 2.37. The Hall–Kier alpha value is -3.14. The number of hydrogen-bond acceptors (Lipinski definition) is 7. The van der Waals surface area contributed by atoms with Crippen LogP contribution in [0.3, 0.4) is 0 Å². The number of sulfonamides is 1. The lowest BCUT2D eigenvalue weighted by Crippen LogP contribution is -2.31. The maximum Gasteiger partial charge on any atom is 0.426 e. The maximum atomic E-state index is 13.5. The summed E-state index contributed by atoms with van der Waals surface area (Å²) in [6.07, 6.45) is -3.38. The van der Waals surface area contributed by atoms with E-state index in [9.17, 15) is 26.4 Å². The zero-order chi connectivity index (χ0) is 24.2. The average molecular weight is 499 g/mol. The van der Waals surface area contributed by atoms with Crippen LogP contribution in [0.2, 0.25) is 0 Å². The van der Waals surface area contributed by atoms with Gasteiger partial charge in [0, 0.05) is 18.5 Å². The lowest BCUT2D eigenvalue weighted by atomic mass is 10.1. The molecule has 12 heteroatoms. The summed E-state index contributed by atoms with van der Waals surface area (Å²) in [6.45, 7) is -0.198. The van der Waals surface area contributed by atoms with E-state index in [4.69, 9.17) is 9.68 Å². The van der Waals surface area contributed by atoms with Gasteiger partial charge in [-0.3, -0.25) is 0 Å². The van der Waals surface area contributed by atoms with Gasteiger partial charge in [-0.05, 0) is 35.9 Å². The number of thiophene rings is 1. The van der Waals surface area contributed by atoms with E-state index in [0.717, 1.165) is 17.5 Å². The molecule has 174 valence electrons. The zero-order valence-electron chi connectivity index (χ0n) is 17.1. The largest absolute Gasteiger partial charge is 0.468 e. The molecule has 3 rings (SSSR count). The first-order chi connectivity index (χ1) is 15.6. The van der Waals surface area contributed by atoms with E-state index in [-0.39, 0.29) is 51.7 Å². The van der Waals surface area contributed by atoms with Gasteiger partial charge in [0.05, 0.1) is 30.9 Å². The minimum absolute atomic E-state index is 0.0574. The molecule has 0 radical (unpaired) electrons. The fourth-order valence-electron chi connectivity index (χ4n) is 3.01. The van der Waals surface area contributed by atoms with Gasteiger partial charge in [0.25, 0.3) is 0 Å². The molecule has 0 aliphatic carbocycles. The molecule has 33 heavy (non-hydrogen) atoms. The standard InChI is InChI=1S/C21H17F3N2O5S2/c1-30-20(27)18-12-17(19(32-18)21(22,23)24)14-5-7-16(8-6-14)33(28,29)26(10-3-9-25)13-15-4-2-11-31-15/h2,4-8,11-12H,3,10,13H2,1H3. The predicted molar refractivity (Wildman–Crippen MR) is 113 cm³/mol. The van der Waals surface area contributed by atoms with Crippen LogP contribution in [0.25, 0.3) is 11.1 Å². The van der Waals surface area contributed by atoms with Crippen molar-refractivity contribution in [1.82, 2.24) is 4.31 Å². The molecule has 0 spiro atoms. The molecule has 0 N–H and O–H groups in total. The lowest BCUT2D eigenvalue weighted by molar-refractivity contribution is -0.133. The second kappa shape index (κ2) is 9.78. The summed E-state index contributed by atoms with van der Waals surface area (Å²) in [5, 5.41) is 8.87. The summed E-state index contributed by atoms with van der Waals surface area (Å²) >= 11 is 0.253. The maximum absolute atomic E-state index is 13.5. The first-order valence-corrected chi connectivity index (χ1v) is 11.6. The molecule has 0 bridgehead atoms. The molecule has 0 saturated heterocycles. The van der Waals surface area contributed by atoms with Gasteiger partial charge >= 0.3 is 12.1 Å². The normalized spacial score (nSPS) is 12.0. The average Bonchev–Trinajstić information content (AvgIpc) is 3.46. The van der Waals surface area contributed by atoms with Crippen LogP contribution in [-0.2, 0) is 27.5 Å². The molecule has 0 amide bonds. The van der Waals surface area contributed by atoms with Gasteiger partial charge in [-0.15, -0.1) is 11.3 Å². The van der Waals surface area contributed by atoms with Crippen LogP contribution in [0.5, 0.6) is 0 Å². The number of halogens is 3. The summed E-state index contributed by atoms with van der Waals surface area (Å²) in [4.78, 5) is 10.3. The third-order valence-electron chi connectivity index (χ3n) is 4.56. The van der Waals surface area contributed by atoms with Crippen LogP contribution in [0, 0.1) is 11.3 Å². The van der Waals surface area contributed by atoms with Crippen LogP contribution in [0.15, 0.2) is 58.0 Å². The number of nitrogens with zero attached hydrogens (tertiary/aromatic N) is 2. The van der Waals surface area contributed by atoms with Crippen molar-refractivity contribution in [2.24, 2.45) is 0 Å². The van der Waals surface area contributed by atoms with Gasteiger partial charge in [0.1, 0.15) is 15.5 Å². The molecule has 3 aromatic rings. The van der Waals surface area contributed by atoms with E-state index in [1.165, 1.54) is 30.5 Å². The summed E-state index contributed by atoms with van der Waals surface area (Å²) in [5.41, 5.74) is -0.170. The second-order valence-corrected chi connectivity index (χ2v) is 9.68. The van der Waals surface area contributed by atoms with Crippen molar-refractivity contribution in [1.29, 1.82) is 5.26 Å². The van der Waals surface area contributed by atoms with E-state index in [0.29, 0.717) is 5.76 Å². The van der Waals surface area contributed by atoms with Crippen molar-refractivity contribution < 1.29 is 35.5 Å². The number of esters is 1. The van der Waals surface area contributed by atoms with Gasteiger partial charge < -0.3 is 9.15 Å². The SMILES string of the molecule is COC(=O)c1cc(-c2ccc(S(=O)(=O)N(CCC#N)Cc3ccco3)cc2)c(C(F)(F)F)s1. The van der Waals surface area contributed by atoms with Crippen molar-refractivity contribution in [2.45, 2.75) is 24.0 Å². The number of methoxy groups -OCH3 is 1. The lowest BCUT2D eigenvalue weighted by Gasteiger charge is -2.20. The number of nitriles is 1. The van der Waals surface area contributed by atoms with Crippen LogP contribution in [0.1, 0.15) is 26.7 Å². The zero-order valence-corrected chi connectivity index (χ0v) is 18.8. The van der Waals surface area contributed by atoms with E-state index in [2.05, 4.69) is 4.74 Å². The fraction of sp³-hybridized carbons (Fsp3) is 0.238. The number of ether oxygens (including phenoxy) is 1. The van der Waals surface area contributed by atoms with Crippen molar-refractivity contribution in [2.75, 3.05) is 13.7 Å². The highest BCUT2D eigenvalue weighted by atomic mass is 32.2. The van der Waals surface area contributed by atoms with Crippen molar-refractivity contribution in [3.8, 4) is 17.2 Å². The Morgan fingerprint density at radius 3 is 2.48 bits per heavy atom. The van der Waals surface area contributed by atoms with Crippen LogP contribution < -0.4 is 0 Å². The Morgan fingerprint density at radius 1 is 1.24 bits per heavy atom. The summed E-state index contributed by atoms with van der Waals surface area (Å²) in [6, 6.07) is 11.0. The van der Waals surface area contributed by atoms with Gasteiger partial charge in [0.2, 0.25) is 10.0 Å². The van der Waals surface area contributed by atoms with Gasteiger partial charge in [-0.1, -0.05) is 12.1 Å². The monoisotopic (exact) mass is 498 g/mol. The Labute approximate surface area is 191 Å². The summed E-state index contributed by atoms with van der Waals surface area (Å²) < 4.78 is 77.5. The summed E-state index contributed by atoms with van der Waals surface area (Å²) in [5.74, 6) is -0.529. The smallest absolute Gasteiger partial charge is 0.426 e. The molecule has 0 unspecified atom stereocenters. The number of benzene rings is 1.